The number of hydrogen-bond acceptors (Lipinski definition) is 0. The molecule has 0 aliphatic carbocycles. The minimum atomic E-state index is -1.55. The van der Waals surface area contributed by atoms with Crippen LogP contribution in [0.3, 0.4) is 0 Å². The first kappa shape index (κ1) is 22.9. The van der Waals surface area contributed by atoms with Gasteiger partial charge in [0, 0.05) is 0 Å². The molecule has 0 aromatic heterocycles. The van der Waals surface area contributed by atoms with E-state index in [-0.39, 0.29) is 0 Å². The molecule has 0 saturated heterocycles. The van der Waals surface area contributed by atoms with Gasteiger partial charge in [-0.1, -0.05) is 0 Å². The Labute approximate surface area is 150 Å². The molecular weight excluding hydrogens is 351 g/mol. The van der Waals surface area contributed by atoms with Crippen LogP contribution in [0.4, 0.5) is 0 Å². The van der Waals surface area contributed by atoms with Crippen LogP contribution in [0.1, 0.15) is 105 Å². The van der Waals surface area contributed by atoms with Gasteiger partial charge in [-0.05, 0) is 0 Å². The van der Waals surface area contributed by atoms with E-state index < -0.39 is 5.31 Å². The van der Waals surface area contributed by atoms with Crippen molar-refractivity contribution in [3.8, 4) is 0 Å². The Morgan fingerprint density at radius 2 is 0.818 bits per heavy atom. The van der Waals surface area contributed by atoms with Crippen LogP contribution >= 0.6 is 20.8 Å². The Hall–Kier alpha value is 0.910. The molecule has 2 heteroatoms. The molecule has 0 heterocycles. The summed E-state index contributed by atoms with van der Waals surface area (Å²) in [5.74, 6) is 0. The molecule has 0 atom stereocenters. The summed E-state index contributed by atoms with van der Waals surface area (Å²) in [5, 5.41) is -1.55. The molecule has 0 saturated carbocycles. The summed E-state index contributed by atoms with van der Waals surface area (Å²) in [4.78, 5) is 0. The van der Waals surface area contributed by atoms with Gasteiger partial charge in [-0.25, -0.2) is 0 Å². The van der Waals surface area contributed by atoms with Crippen LogP contribution < -0.4 is 0 Å². The zero-order chi connectivity index (χ0) is 16.8. The first-order valence-electron chi connectivity index (χ1n) is 10.3. The molecule has 0 radical (unpaired) electrons. The van der Waals surface area contributed by atoms with Gasteiger partial charge >= 0.3 is 150 Å². The van der Waals surface area contributed by atoms with Gasteiger partial charge in [0.2, 0.25) is 0 Å². The molecule has 0 fully saturated rings. The molecule has 0 bridgehead atoms. The van der Waals surface area contributed by atoms with E-state index in [1.807, 2.05) is 0 Å². The number of unbranched alkanes of at least 4 members (excludes halogenated alkanes) is 10. The number of halogens is 1. The molecule has 22 heavy (non-hydrogen) atoms. The molecule has 0 spiro atoms. The summed E-state index contributed by atoms with van der Waals surface area (Å²) >= 11 is 4.39. The van der Waals surface area contributed by atoms with Crippen molar-refractivity contribution >= 4 is 20.8 Å². The topological polar surface area (TPSA) is 0 Å². The van der Waals surface area contributed by atoms with E-state index in [2.05, 4.69) is 43.2 Å². The van der Waals surface area contributed by atoms with Gasteiger partial charge in [0.25, 0.3) is 0 Å². The van der Waals surface area contributed by atoms with Gasteiger partial charge in [0.15, 0.2) is 0 Å². The minimum absolute atomic E-state index is 1.36. The Morgan fingerprint density at radius 3 is 1.14 bits per heavy atom. The van der Waals surface area contributed by atoms with Crippen LogP contribution in [-0.2, 0) is 0 Å². The average molecular weight is 395 g/mol. The van der Waals surface area contributed by atoms with Crippen molar-refractivity contribution in [1.29, 1.82) is 0 Å². The van der Waals surface area contributed by atoms with E-state index >= 15 is 0 Å². The molecule has 0 N–H and O–H groups in total. The van der Waals surface area contributed by atoms with E-state index in [4.69, 9.17) is 0 Å². The second kappa shape index (κ2) is 13.2. The van der Waals surface area contributed by atoms with Crippen LogP contribution in [0.5, 0.6) is 0 Å². The zero-order valence-corrected chi connectivity index (χ0v) is 18.6. The van der Waals surface area contributed by atoms with Crippen molar-refractivity contribution in [3.05, 3.63) is 0 Å². The summed E-state index contributed by atoms with van der Waals surface area (Å²) in [5.41, 5.74) is 0. The van der Waals surface area contributed by atoms with Crippen molar-refractivity contribution in [2.24, 2.45) is 0 Å². The summed E-state index contributed by atoms with van der Waals surface area (Å²) in [7, 11) is 0. The average Bonchev–Trinajstić information content (AvgIpc) is 2.54. The SMILES string of the molecule is CCCCCCCCP(Br)(CC)(CC)CCCCCCCC. The van der Waals surface area contributed by atoms with Gasteiger partial charge in [0.1, 0.15) is 0 Å². The molecule has 0 rings (SSSR count). The first-order valence-corrected chi connectivity index (χ1v) is 15.3. The molecule has 0 aliphatic rings. The maximum atomic E-state index is 4.39. The van der Waals surface area contributed by atoms with Crippen molar-refractivity contribution in [2.75, 3.05) is 24.6 Å². The van der Waals surface area contributed by atoms with E-state index in [9.17, 15) is 0 Å². The van der Waals surface area contributed by atoms with Gasteiger partial charge in [0.05, 0.1) is 0 Å². The number of rotatable bonds is 16. The van der Waals surface area contributed by atoms with Crippen molar-refractivity contribution in [2.45, 2.75) is 105 Å². The summed E-state index contributed by atoms with van der Waals surface area (Å²) in [6, 6.07) is 0. The molecule has 0 unspecified atom stereocenters. The molecule has 0 aliphatic heterocycles. The molecular formula is C20H44BrP. The Bertz CT molecular complexity index is 228. The molecule has 0 aromatic rings. The Balaban J connectivity index is 4.08. The molecule has 0 nitrogen and oxygen atoms in total. The normalized spacial score (nSPS) is 14.0. The van der Waals surface area contributed by atoms with Crippen LogP contribution in [0.25, 0.3) is 0 Å². The fourth-order valence-electron chi connectivity index (χ4n) is 3.54. The Morgan fingerprint density at radius 1 is 0.500 bits per heavy atom. The fraction of sp³-hybridized carbons (Fsp3) is 1.00. The zero-order valence-electron chi connectivity index (χ0n) is 16.1. The van der Waals surface area contributed by atoms with E-state index in [1.165, 1.54) is 102 Å². The number of hydrogen-bond donors (Lipinski definition) is 0. The van der Waals surface area contributed by atoms with Crippen LogP contribution in [-0.4, -0.2) is 24.6 Å². The van der Waals surface area contributed by atoms with Crippen LogP contribution in [0.2, 0.25) is 0 Å². The predicted molar refractivity (Wildman–Crippen MR) is 113 cm³/mol. The Kier molecular flexibility index (Phi) is 13.8. The third-order valence-corrected chi connectivity index (χ3v) is 16.9. The standard InChI is InChI=1S/C20H44BrP/c1-5-9-11-13-15-17-19-22(21,7-3,8-4)20-18-16-14-12-10-6-2/h5-20H2,1-4H3. The fourth-order valence-corrected chi connectivity index (χ4v) is 9.01. The van der Waals surface area contributed by atoms with Crippen LogP contribution in [0.15, 0.2) is 0 Å². The van der Waals surface area contributed by atoms with Crippen molar-refractivity contribution in [3.63, 3.8) is 0 Å². The van der Waals surface area contributed by atoms with E-state index in [0.717, 1.165) is 0 Å². The summed E-state index contributed by atoms with van der Waals surface area (Å²) in [6.45, 7) is 9.51. The second-order valence-corrected chi connectivity index (χ2v) is 19.3. The quantitative estimate of drug-likeness (QED) is 0.181. The summed E-state index contributed by atoms with van der Waals surface area (Å²) < 4.78 is 0. The van der Waals surface area contributed by atoms with Crippen molar-refractivity contribution < 1.29 is 0 Å². The first-order chi connectivity index (χ1) is 10.5. The predicted octanol–water partition coefficient (Wildman–Crippen LogP) is 8.61. The summed E-state index contributed by atoms with van der Waals surface area (Å²) in [6.07, 6.45) is 23.0. The second-order valence-electron chi connectivity index (χ2n) is 7.43. The van der Waals surface area contributed by atoms with E-state index in [0.29, 0.717) is 0 Å². The van der Waals surface area contributed by atoms with Gasteiger partial charge < -0.3 is 0 Å². The van der Waals surface area contributed by atoms with Crippen molar-refractivity contribution in [1.82, 2.24) is 0 Å². The third kappa shape index (κ3) is 9.92. The van der Waals surface area contributed by atoms with Gasteiger partial charge in [-0.15, -0.1) is 0 Å². The molecule has 0 amide bonds. The van der Waals surface area contributed by atoms with Gasteiger partial charge in [-0.3, -0.25) is 0 Å². The van der Waals surface area contributed by atoms with E-state index in [1.54, 1.807) is 0 Å². The monoisotopic (exact) mass is 394 g/mol. The maximum absolute atomic E-state index is 4.39. The van der Waals surface area contributed by atoms with Crippen LogP contribution in [0, 0.1) is 0 Å². The van der Waals surface area contributed by atoms with Gasteiger partial charge in [-0.2, -0.15) is 0 Å². The molecule has 136 valence electrons. The third-order valence-electron chi connectivity index (χ3n) is 5.72. The molecule has 0 aromatic carbocycles.